The van der Waals surface area contributed by atoms with Crippen LogP contribution in [0.5, 0.6) is 5.75 Å². The maximum atomic E-state index is 8.65. The van der Waals surface area contributed by atoms with E-state index in [0.29, 0.717) is 10.9 Å². The van der Waals surface area contributed by atoms with Crippen LogP contribution in [0.2, 0.25) is 0 Å². The van der Waals surface area contributed by atoms with Crippen molar-refractivity contribution in [2.24, 2.45) is 0 Å². The molecule has 0 spiro atoms. The Balaban J connectivity index is 2.10. The van der Waals surface area contributed by atoms with Gasteiger partial charge in [-0.15, -0.1) is 10.2 Å². The second-order valence-corrected chi connectivity index (χ2v) is 3.67. The number of anilines is 2. The van der Waals surface area contributed by atoms with Crippen molar-refractivity contribution in [3.8, 4) is 5.75 Å². The van der Waals surface area contributed by atoms with Gasteiger partial charge in [-0.2, -0.15) is 0 Å². The van der Waals surface area contributed by atoms with Crippen molar-refractivity contribution in [3.63, 3.8) is 0 Å². The number of rotatable bonds is 4. The summed E-state index contributed by atoms with van der Waals surface area (Å²) in [5.74, 6) is 0.351. The molecule has 0 aliphatic carbocycles. The highest BCUT2D eigenvalue weighted by molar-refractivity contribution is 7.13. The number of hydrogen-bond acceptors (Lipinski definition) is 7. The van der Waals surface area contributed by atoms with Crippen molar-refractivity contribution in [2.75, 3.05) is 5.32 Å². The summed E-state index contributed by atoms with van der Waals surface area (Å²) in [6, 6.07) is 6.77. The SMILES string of the molecule is OB(O)Oc1cccc(Nc2nncs2)c1. The zero-order valence-electron chi connectivity index (χ0n) is 8.07. The molecular weight excluding hydrogens is 229 g/mol. The molecule has 2 rings (SSSR count). The summed E-state index contributed by atoms with van der Waals surface area (Å²) >= 11 is 1.36. The molecule has 0 aliphatic rings. The Morgan fingerprint density at radius 1 is 1.38 bits per heavy atom. The highest BCUT2D eigenvalue weighted by Crippen LogP contribution is 2.21. The van der Waals surface area contributed by atoms with Crippen LogP contribution in [0.3, 0.4) is 0 Å². The average molecular weight is 237 g/mol. The fourth-order valence-electron chi connectivity index (χ4n) is 1.12. The van der Waals surface area contributed by atoms with Crippen LogP contribution in [-0.2, 0) is 0 Å². The fourth-order valence-corrected chi connectivity index (χ4v) is 1.59. The van der Waals surface area contributed by atoms with Gasteiger partial charge in [-0.1, -0.05) is 17.4 Å². The lowest BCUT2D eigenvalue weighted by atomic mass is 10.2. The van der Waals surface area contributed by atoms with Crippen LogP contribution in [0.25, 0.3) is 0 Å². The summed E-state index contributed by atoms with van der Waals surface area (Å²) in [6.45, 7) is 0. The molecule has 0 fully saturated rings. The molecule has 0 saturated carbocycles. The summed E-state index contributed by atoms with van der Waals surface area (Å²) in [5, 5.41) is 28.4. The molecule has 82 valence electrons. The standard InChI is InChI=1S/C8H8BN3O3S/c13-9(14)15-7-3-1-2-6(4-7)11-8-12-10-5-16-8/h1-5,13-14H,(H,11,12). The Hall–Kier alpha value is -1.64. The molecule has 1 aromatic heterocycles. The molecule has 0 radical (unpaired) electrons. The van der Waals surface area contributed by atoms with Crippen molar-refractivity contribution in [3.05, 3.63) is 29.8 Å². The van der Waals surface area contributed by atoms with Gasteiger partial charge in [0.15, 0.2) is 0 Å². The van der Waals surface area contributed by atoms with E-state index in [1.807, 2.05) is 0 Å². The predicted octanol–water partition coefficient (Wildman–Crippen LogP) is 0.630. The molecule has 2 aromatic rings. The Morgan fingerprint density at radius 2 is 2.25 bits per heavy atom. The van der Waals surface area contributed by atoms with Crippen molar-refractivity contribution < 1.29 is 14.7 Å². The molecule has 0 aliphatic heterocycles. The van der Waals surface area contributed by atoms with E-state index in [0.717, 1.165) is 5.69 Å². The molecule has 3 N–H and O–H groups in total. The van der Waals surface area contributed by atoms with E-state index < -0.39 is 7.32 Å². The van der Waals surface area contributed by atoms with E-state index in [2.05, 4.69) is 15.5 Å². The second-order valence-electron chi connectivity index (χ2n) is 2.84. The highest BCUT2D eigenvalue weighted by Gasteiger charge is 2.11. The predicted molar refractivity (Wildman–Crippen MR) is 60.5 cm³/mol. The third-order valence-corrected chi connectivity index (χ3v) is 2.29. The highest BCUT2D eigenvalue weighted by atomic mass is 32.1. The number of nitrogens with zero attached hydrogens (tertiary/aromatic N) is 2. The van der Waals surface area contributed by atoms with Crippen LogP contribution in [-0.4, -0.2) is 27.6 Å². The van der Waals surface area contributed by atoms with Gasteiger partial charge in [0.2, 0.25) is 5.13 Å². The zero-order chi connectivity index (χ0) is 11.4. The van der Waals surface area contributed by atoms with E-state index in [4.69, 9.17) is 14.7 Å². The van der Waals surface area contributed by atoms with Gasteiger partial charge >= 0.3 is 7.32 Å². The van der Waals surface area contributed by atoms with Gasteiger partial charge in [-0.25, -0.2) is 0 Å². The molecule has 0 bridgehead atoms. The summed E-state index contributed by atoms with van der Waals surface area (Å²) < 4.78 is 4.71. The minimum Gasteiger partial charge on any atom is -0.512 e. The minimum atomic E-state index is -1.82. The molecule has 1 aromatic carbocycles. The molecule has 0 atom stereocenters. The lowest BCUT2D eigenvalue weighted by Gasteiger charge is -2.07. The van der Waals surface area contributed by atoms with E-state index in [9.17, 15) is 0 Å². The molecule has 0 unspecified atom stereocenters. The molecule has 16 heavy (non-hydrogen) atoms. The van der Waals surface area contributed by atoms with Crippen molar-refractivity contribution in [1.29, 1.82) is 0 Å². The maximum absolute atomic E-state index is 8.65. The van der Waals surface area contributed by atoms with E-state index >= 15 is 0 Å². The first-order valence-corrected chi connectivity index (χ1v) is 5.28. The van der Waals surface area contributed by atoms with Crippen LogP contribution < -0.4 is 9.97 Å². The fraction of sp³-hybridized carbons (Fsp3) is 0. The lowest BCUT2D eigenvalue weighted by molar-refractivity contribution is 0.288. The van der Waals surface area contributed by atoms with E-state index in [-0.39, 0.29) is 0 Å². The van der Waals surface area contributed by atoms with Gasteiger partial charge in [0, 0.05) is 11.8 Å². The summed E-state index contributed by atoms with van der Waals surface area (Å²) in [7, 11) is -1.82. The third kappa shape index (κ3) is 2.93. The van der Waals surface area contributed by atoms with Gasteiger partial charge < -0.3 is 20.0 Å². The topological polar surface area (TPSA) is 87.5 Å². The van der Waals surface area contributed by atoms with Crippen LogP contribution in [0.1, 0.15) is 0 Å². The Bertz CT molecular complexity index is 452. The Morgan fingerprint density at radius 3 is 2.94 bits per heavy atom. The first kappa shape index (κ1) is 10.9. The van der Waals surface area contributed by atoms with Gasteiger partial charge in [0.25, 0.3) is 0 Å². The third-order valence-electron chi connectivity index (χ3n) is 1.69. The summed E-state index contributed by atoms with van der Waals surface area (Å²) in [5.41, 5.74) is 2.34. The van der Waals surface area contributed by atoms with Crippen LogP contribution >= 0.6 is 11.3 Å². The minimum absolute atomic E-state index is 0.351. The monoisotopic (exact) mass is 237 g/mol. The number of hydrogen-bond donors (Lipinski definition) is 3. The largest absolute Gasteiger partial charge is 0.707 e. The number of nitrogens with one attached hydrogen (secondary N) is 1. The first-order chi connectivity index (χ1) is 7.74. The van der Waals surface area contributed by atoms with Crippen LogP contribution in [0, 0.1) is 0 Å². The summed E-state index contributed by atoms with van der Waals surface area (Å²) in [6.07, 6.45) is 0. The van der Waals surface area contributed by atoms with Gasteiger partial charge in [-0.3, -0.25) is 0 Å². The zero-order valence-corrected chi connectivity index (χ0v) is 8.89. The van der Waals surface area contributed by atoms with E-state index in [1.54, 1.807) is 29.8 Å². The number of benzene rings is 1. The smallest absolute Gasteiger partial charge is 0.512 e. The molecule has 6 nitrogen and oxygen atoms in total. The van der Waals surface area contributed by atoms with Crippen LogP contribution in [0.15, 0.2) is 29.8 Å². The molecule has 0 saturated heterocycles. The Labute approximate surface area is 95.7 Å². The molecule has 0 amide bonds. The summed E-state index contributed by atoms with van der Waals surface area (Å²) in [4.78, 5) is 0. The van der Waals surface area contributed by atoms with E-state index in [1.165, 1.54) is 11.3 Å². The molecule has 1 heterocycles. The Kier molecular flexibility index (Phi) is 3.35. The van der Waals surface area contributed by atoms with Crippen LogP contribution in [0.4, 0.5) is 10.8 Å². The van der Waals surface area contributed by atoms with Gasteiger partial charge in [0.1, 0.15) is 11.3 Å². The average Bonchev–Trinajstić information content (AvgIpc) is 2.70. The normalized spacial score (nSPS) is 9.88. The molecule has 8 heteroatoms. The first-order valence-electron chi connectivity index (χ1n) is 4.40. The van der Waals surface area contributed by atoms with Crippen molar-refractivity contribution in [2.45, 2.75) is 0 Å². The van der Waals surface area contributed by atoms with Gasteiger partial charge in [0.05, 0.1) is 0 Å². The second kappa shape index (κ2) is 4.93. The quantitative estimate of drug-likeness (QED) is 0.676. The van der Waals surface area contributed by atoms with Crippen molar-refractivity contribution in [1.82, 2.24) is 10.2 Å². The van der Waals surface area contributed by atoms with Crippen molar-refractivity contribution >= 4 is 29.5 Å². The maximum Gasteiger partial charge on any atom is 0.707 e. The van der Waals surface area contributed by atoms with Gasteiger partial charge in [-0.05, 0) is 12.1 Å². The molecular formula is C8H8BN3O3S. The number of aromatic nitrogens is 2. The lowest BCUT2D eigenvalue weighted by Crippen LogP contribution is -2.20.